The van der Waals surface area contributed by atoms with Gasteiger partial charge in [0.1, 0.15) is 0 Å². The second kappa shape index (κ2) is 4.96. The molecular weight excluding hydrogens is 353 g/mol. The van der Waals surface area contributed by atoms with Crippen molar-refractivity contribution in [2.45, 2.75) is 26.4 Å². The molecule has 0 radical (unpaired) electrons. The molecule has 0 bridgehead atoms. The highest BCUT2D eigenvalue weighted by Gasteiger charge is 2.27. The third-order valence-corrected chi connectivity index (χ3v) is 4.00. The lowest BCUT2D eigenvalue weighted by molar-refractivity contribution is -0.117. The van der Waals surface area contributed by atoms with Gasteiger partial charge in [0, 0.05) is 27.6 Å². The maximum atomic E-state index is 12.1. The molecular formula is C14H14IN3O. The van der Waals surface area contributed by atoms with Crippen molar-refractivity contribution in [1.29, 1.82) is 0 Å². The van der Waals surface area contributed by atoms with E-state index in [0.29, 0.717) is 13.0 Å². The molecule has 1 aliphatic rings. The van der Waals surface area contributed by atoms with Gasteiger partial charge in [0.2, 0.25) is 5.91 Å². The lowest BCUT2D eigenvalue weighted by Gasteiger charge is -2.16. The summed E-state index contributed by atoms with van der Waals surface area (Å²) in [6.45, 7) is 3.50. The van der Waals surface area contributed by atoms with Crippen molar-refractivity contribution in [3.8, 4) is 0 Å². The van der Waals surface area contributed by atoms with Crippen molar-refractivity contribution >= 4 is 34.2 Å². The van der Waals surface area contributed by atoms with Gasteiger partial charge in [0.25, 0.3) is 0 Å². The van der Waals surface area contributed by atoms with E-state index in [4.69, 9.17) is 0 Å². The Kier molecular flexibility index (Phi) is 3.30. The fraction of sp³-hybridized carbons (Fsp3) is 0.286. The number of carbonyl (C=O) groups is 1. The lowest BCUT2D eigenvalue weighted by Crippen LogP contribution is -2.25. The monoisotopic (exact) mass is 367 g/mol. The van der Waals surface area contributed by atoms with E-state index in [-0.39, 0.29) is 5.91 Å². The molecule has 0 N–H and O–H groups in total. The van der Waals surface area contributed by atoms with Crippen LogP contribution in [0.25, 0.3) is 0 Å². The molecule has 1 aromatic carbocycles. The number of halogens is 1. The normalized spacial score (nSPS) is 14.0. The van der Waals surface area contributed by atoms with Crippen LogP contribution in [0.2, 0.25) is 0 Å². The second-order valence-electron chi connectivity index (χ2n) is 4.63. The minimum Gasteiger partial charge on any atom is -0.307 e. The van der Waals surface area contributed by atoms with Gasteiger partial charge in [-0.3, -0.25) is 9.48 Å². The van der Waals surface area contributed by atoms with Crippen LogP contribution in [0, 0.1) is 3.57 Å². The summed E-state index contributed by atoms with van der Waals surface area (Å²) in [6.07, 6.45) is 4.34. The molecule has 1 amide bonds. The molecule has 2 aromatic rings. The molecule has 98 valence electrons. The summed E-state index contributed by atoms with van der Waals surface area (Å²) >= 11 is 2.28. The third kappa shape index (κ3) is 2.39. The van der Waals surface area contributed by atoms with Crippen molar-refractivity contribution in [2.75, 3.05) is 4.90 Å². The summed E-state index contributed by atoms with van der Waals surface area (Å²) in [5.74, 6) is 0.168. The van der Waals surface area contributed by atoms with E-state index in [0.717, 1.165) is 23.4 Å². The van der Waals surface area contributed by atoms with E-state index >= 15 is 0 Å². The first-order valence-corrected chi connectivity index (χ1v) is 7.35. The molecule has 0 aliphatic carbocycles. The van der Waals surface area contributed by atoms with Crippen molar-refractivity contribution in [2.24, 2.45) is 0 Å². The number of hydrogen-bond acceptors (Lipinski definition) is 2. The molecule has 2 heterocycles. The van der Waals surface area contributed by atoms with Crippen LogP contribution in [0.15, 0.2) is 30.6 Å². The molecule has 0 atom stereocenters. The Bertz CT molecular complexity index is 635. The van der Waals surface area contributed by atoms with Gasteiger partial charge in [0.05, 0.1) is 19.2 Å². The predicted molar refractivity (Wildman–Crippen MR) is 82.0 cm³/mol. The van der Waals surface area contributed by atoms with E-state index in [9.17, 15) is 4.79 Å². The van der Waals surface area contributed by atoms with Crippen molar-refractivity contribution in [3.63, 3.8) is 0 Å². The number of rotatable bonds is 3. The first-order chi connectivity index (χ1) is 9.17. The summed E-state index contributed by atoms with van der Waals surface area (Å²) < 4.78 is 3.05. The molecule has 5 heteroatoms. The zero-order valence-corrected chi connectivity index (χ0v) is 12.8. The van der Waals surface area contributed by atoms with Gasteiger partial charge in [-0.05, 0) is 53.3 Å². The van der Waals surface area contributed by atoms with Gasteiger partial charge in [-0.25, -0.2) is 0 Å². The quantitative estimate of drug-likeness (QED) is 0.783. The number of hydrogen-bond donors (Lipinski definition) is 0. The Balaban J connectivity index is 1.87. The van der Waals surface area contributed by atoms with E-state index in [2.05, 4.69) is 40.7 Å². The third-order valence-electron chi connectivity index (χ3n) is 3.33. The number of carbonyl (C=O) groups excluding carboxylic acids is 1. The fourth-order valence-electron chi connectivity index (χ4n) is 2.37. The molecule has 4 nitrogen and oxygen atoms in total. The number of benzene rings is 1. The Morgan fingerprint density at radius 1 is 1.42 bits per heavy atom. The van der Waals surface area contributed by atoms with Crippen LogP contribution >= 0.6 is 22.6 Å². The van der Waals surface area contributed by atoms with Crippen LogP contribution in [0.4, 0.5) is 5.69 Å². The average Bonchev–Trinajstić information content (AvgIpc) is 2.95. The largest absolute Gasteiger partial charge is 0.307 e. The Hall–Kier alpha value is -1.37. The van der Waals surface area contributed by atoms with E-state index in [1.54, 1.807) is 0 Å². The molecule has 0 fully saturated rings. The first-order valence-electron chi connectivity index (χ1n) is 6.27. The molecule has 0 saturated heterocycles. The zero-order chi connectivity index (χ0) is 13.4. The minimum absolute atomic E-state index is 0.168. The number of nitrogens with zero attached hydrogens (tertiary/aromatic N) is 3. The second-order valence-corrected chi connectivity index (χ2v) is 5.88. The number of aryl methyl sites for hydroxylation is 1. The van der Waals surface area contributed by atoms with E-state index in [1.807, 2.05) is 34.1 Å². The predicted octanol–water partition coefficient (Wildman–Crippen LogP) is 2.60. The van der Waals surface area contributed by atoms with Gasteiger partial charge in [-0.1, -0.05) is 0 Å². The molecule has 19 heavy (non-hydrogen) atoms. The van der Waals surface area contributed by atoms with Crippen LogP contribution in [-0.2, 0) is 24.3 Å². The standard InChI is InChI=1S/C14H14IN3O/c1-2-17-8-10(7-16-17)9-18-13-4-3-12(15)5-11(13)6-14(18)19/h3-5,7-8H,2,6,9H2,1H3. The molecule has 0 saturated carbocycles. The highest BCUT2D eigenvalue weighted by atomic mass is 127. The summed E-state index contributed by atoms with van der Waals surface area (Å²) in [5.41, 5.74) is 3.23. The van der Waals surface area contributed by atoms with Crippen molar-refractivity contribution < 1.29 is 4.79 Å². The Labute approximate surface area is 125 Å². The topological polar surface area (TPSA) is 38.1 Å². The average molecular weight is 367 g/mol. The number of amides is 1. The summed E-state index contributed by atoms with van der Waals surface area (Å²) in [4.78, 5) is 14.0. The summed E-state index contributed by atoms with van der Waals surface area (Å²) in [7, 11) is 0. The Morgan fingerprint density at radius 3 is 3.00 bits per heavy atom. The van der Waals surface area contributed by atoms with Crippen molar-refractivity contribution in [1.82, 2.24) is 9.78 Å². The Morgan fingerprint density at radius 2 is 2.26 bits per heavy atom. The maximum Gasteiger partial charge on any atom is 0.231 e. The summed E-state index contributed by atoms with van der Waals surface area (Å²) in [6, 6.07) is 6.16. The minimum atomic E-state index is 0.168. The van der Waals surface area contributed by atoms with Gasteiger partial charge in [0.15, 0.2) is 0 Å². The van der Waals surface area contributed by atoms with Gasteiger partial charge in [-0.2, -0.15) is 5.10 Å². The molecule has 1 aromatic heterocycles. The molecule has 3 rings (SSSR count). The van der Waals surface area contributed by atoms with E-state index in [1.165, 1.54) is 3.57 Å². The van der Waals surface area contributed by atoms with Crippen LogP contribution in [-0.4, -0.2) is 15.7 Å². The van der Waals surface area contributed by atoms with Crippen LogP contribution in [0.3, 0.4) is 0 Å². The molecule has 1 aliphatic heterocycles. The van der Waals surface area contributed by atoms with Crippen LogP contribution in [0.5, 0.6) is 0 Å². The van der Waals surface area contributed by atoms with E-state index < -0.39 is 0 Å². The highest BCUT2D eigenvalue weighted by Crippen LogP contribution is 2.31. The SMILES string of the molecule is CCn1cc(CN2C(=O)Cc3cc(I)ccc32)cn1. The summed E-state index contributed by atoms with van der Waals surface area (Å²) in [5, 5.41) is 4.25. The number of anilines is 1. The highest BCUT2D eigenvalue weighted by molar-refractivity contribution is 14.1. The van der Waals surface area contributed by atoms with Gasteiger partial charge >= 0.3 is 0 Å². The van der Waals surface area contributed by atoms with Crippen LogP contribution < -0.4 is 4.90 Å². The first kappa shape index (κ1) is 12.7. The number of fused-ring (bicyclic) bond motifs is 1. The zero-order valence-electron chi connectivity index (χ0n) is 10.6. The van der Waals surface area contributed by atoms with Gasteiger partial charge < -0.3 is 4.90 Å². The smallest absolute Gasteiger partial charge is 0.231 e. The maximum absolute atomic E-state index is 12.1. The lowest BCUT2D eigenvalue weighted by atomic mass is 10.2. The number of aromatic nitrogens is 2. The van der Waals surface area contributed by atoms with Gasteiger partial charge in [-0.15, -0.1) is 0 Å². The molecule has 0 spiro atoms. The fourth-order valence-corrected chi connectivity index (χ4v) is 2.92. The van der Waals surface area contributed by atoms with Crippen LogP contribution in [0.1, 0.15) is 18.1 Å². The molecule has 0 unspecified atom stereocenters. The van der Waals surface area contributed by atoms with Crippen molar-refractivity contribution in [3.05, 3.63) is 45.3 Å².